The molecule has 2 N–H and O–H groups in total. The number of methoxy groups -OCH3 is 1. The molecular weight excluding hydrogens is 306 g/mol. The van der Waals surface area contributed by atoms with Crippen LogP contribution in [0.5, 0.6) is 5.75 Å². The van der Waals surface area contributed by atoms with Crippen LogP contribution in [0, 0.1) is 6.92 Å². The normalized spacial score (nSPS) is 18.0. The monoisotopic (exact) mass is 333 g/mol. The highest BCUT2D eigenvalue weighted by atomic mass is 16.5. The zero-order valence-corrected chi connectivity index (χ0v) is 14.7. The number of aryl methyl sites for hydroxylation is 1. The smallest absolute Gasteiger partial charge is 0.243 e. The molecule has 1 atom stereocenters. The van der Waals surface area contributed by atoms with E-state index in [1.54, 1.807) is 13.2 Å². The van der Waals surface area contributed by atoms with Crippen LogP contribution in [0.2, 0.25) is 0 Å². The van der Waals surface area contributed by atoms with Gasteiger partial charge in [0.15, 0.2) is 0 Å². The molecule has 132 valence electrons. The van der Waals surface area contributed by atoms with E-state index in [-0.39, 0.29) is 18.4 Å². The van der Waals surface area contributed by atoms with Crippen LogP contribution < -0.4 is 15.4 Å². The van der Waals surface area contributed by atoms with E-state index < -0.39 is 0 Å². The van der Waals surface area contributed by atoms with Crippen LogP contribution in [-0.4, -0.2) is 49.5 Å². The molecule has 0 aliphatic carbocycles. The number of hydrogen-bond donors (Lipinski definition) is 2. The second kappa shape index (κ2) is 8.68. The van der Waals surface area contributed by atoms with Crippen LogP contribution in [0.15, 0.2) is 18.2 Å². The summed E-state index contributed by atoms with van der Waals surface area (Å²) in [5.41, 5.74) is 1.63. The van der Waals surface area contributed by atoms with Gasteiger partial charge >= 0.3 is 0 Å². The van der Waals surface area contributed by atoms with Gasteiger partial charge in [-0.25, -0.2) is 0 Å². The van der Waals surface area contributed by atoms with Gasteiger partial charge in [0.25, 0.3) is 0 Å². The molecule has 1 saturated heterocycles. The van der Waals surface area contributed by atoms with E-state index in [1.807, 2.05) is 19.1 Å². The molecule has 0 aromatic heterocycles. The third-order valence-corrected chi connectivity index (χ3v) is 4.36. The van der Waals surface area contributed by atoms with Gasteiger partial charge < -0.3 is 15.4 Å². The van der Waals surface area contributed by atoms with E-state index >= 15 is 0 Å². The fraction of sp³-hybridized carbons (Fsp3) is 0.556. The predicted molar refractivity (Wildman–Crippen MR) is 94.3 cm³/mol. The number of likely N-dealkylation sites (tertiary alicyclic amines) is 1. The second-order valence-electron chi connectivity index (χ2n) is 6.34. The maximum atomic E-state index is 12.1. The molecule has 0 radical (unpaired) electrons. The molecule has 1 aliphatic rings. The molecule has 1 aliphatic heterocycles. The van der Waals surface area contributed by atoms with Crippen LogP contribution in [0.1, 0.15) is 31.7 Å². The number of amides is 2. The fourth-order valence-corrected chi connectivity index (χ4v) is 2.93. The van der Waals surface area contributed by atoms with Gasteiger partial charge in [-0.15, -0.1) is 0 Å². The van der Waals surface area contributed by atoms with Gasteiger partial charge in [-0.05, 0) is 50.9 Å². The predicted octanol–water partition coefficient (Wildman–Crippen LogP) is 1.93. The largest absolute Gasteiger partial charge is 0.495 e. The maximum absolute atomic E-state index is 12.1. The summed E-state index contributed by atoms with van der Waals surface area (Å²) in [6.45, 7) is 5.33. The van der Waals surface area contributed by atoms with Crippen molar-refractivity contribution in [3.63, 3.8) is 0 Å². The molecule has 1 fully saturated rings. The van der Waals surface area contributed by atoms with E-state index in [9.17, 15) is 9.59 Å². The number of hydrogen-bond acceptors (Lipinski definition) is 4. The van der Waals surface area contributed by atoms with Gasteiger partial charge in [0, 0.05) is 6.04 Å². The van der Waals surface area contributed by atoms with Crippen molar-refractivity contribution >= 4 is 17.5 Å². The Balaban J connectivity index is 1.80. The Morgan fingerprint density at radius 2 is 2.08 bits per heavy atom. The fourth-order valence-electron chi connectivity index (χ4n) is 2.93. The third-order valence-electron chi connectivity index (χ3n) is 4.36. The SMILES string of the molecule is COc1ccc(C)cc1NC(=O)CNC(=O)CN1CCCCC1C. The van der Waals surface area contributed by atoms with Crippen molar-refractivity contribution in [1.29, 1.82) is 0 Å². The van der Waals surface area contributed by atoms with Crippen molar-refractivity contribution in [2.75, 3.05) is 32.1 Å². The molecule has 0 bridgehead atoms. The molecule has 1 unspecified atom stereocenters. The number of rotatable bonds is 6. The van der Waals surface area contributed by atoms with Crippen LogP contribution >= 0.6 is 0 Å². The minimum Gasteiger partial charge on any atom is -0.495 e. The quantitative estimate of drug-likeness (QED) is 0.834. The van der Waals surface area contributed by atoms with E-state index in [2.05, 4.69) is 22.5 Å². The molecule has 1 aromatic carbocycles. The number of piperidine rings is 1. The van der Waals surface area contributed by atoms with Crippen molar-refractivity contribution in [1.82, 2.24) is 10.2 Å². The zero-order valence-electron chi connectivity index (χ0n) is 14.7. The topological polar surface area (TPSA) is 70.7 Å². The first-order chi connectivity index (χ1) is 11.5. The van der Waals surface area contributed by atoms with Gasteiger partial charge in [0.2, 0.25) is 11.8 Å². The highest BCUT2D eigenvalue weighted by Crippen LogP contribution is 2.24. The average Bonchev–Trinajstić information content (AvgIpc) is 2.55. The van der Waals surface area contributed by atoms with Gasteiger partial charge in [-0.3, -0.25) is 14.5 Å². The van der Waals surface area contributed by atoms with Crippen LogP contribution in [0.25, 0.3) is 0 Å². The molecule has 0 spiro atoms. The minimum absolute atomic E-state index is 0.0435. The van der Waals surface area contributed by atoms with E-state index in [0.717, 1.165) is 24.9 Å². The van der Waals surface area contributed by atoms with Crippen molar-refractivity contribution in [2.45, 2.75) is 39.2 Å². The minimum atomic E-state index is -0.265. The Morgan fingerprint density at radius 1 is 1.29 bits per heavy atom. The van der Waals surface area contributed by atoms with Crippen LogP contribution in [0.4, 0.5) is 5.69 Å². The summed E-state index contributed by atoms with van der Waals surface area (Å²) >= 11 is 0. The first-order valence-electron chi connectivity index (χ1n) is 8.45. The molecule has 6 heteroatoms. The standard InChI is InChI=1S/C18H27N3O3/c1-13-7-8-16(24-3)15(10-13)20-17(22)11-19-18(23)12-21-9-5-4-6-14(21)2/h7-8,10,14H,4-6,9,11-12H2,1-3H3,(H,19,23)(H,20,22). The van der Waals surface area contributed by atoms with Gasteiger partial charge in [-0.2, -0.15) is 0 Å². The van der Waals surface area contributed by atoms with E-state index in [4.69, 9.17) is 4.74 Å². The lowest BCUT2D eigenvalue weighted by atomic mass is 10.0. The van der Waals surface area contributed by atoms with Crippen molar-refractivity contribution in [3.8, 4) is 5.75 Å². The molecule has 6 nitrogen and oxygen atoms in total. The van der Waals surface area contributed by atoms with Gasteiger partial charge in [-0.1, -0.05) is 12.5 Å². The summed E-state index contributed by atoms with van der Waals surface area (Å²) in [6, 6.07) is 5.99. The number of nitrogens with zero attached hydrogens (tertiary/aromatic N) is 1. The highest BCUT2D eigenvalue weighted by Gasteiger charge is 2.20. The summed E-state index contributed by atoms with van der Waals surface area (Å²) in [5.74, 6) is 0.219. The van der Waals surface area contributed by atoms with Gasteiger partial charge in [0.05, 0.1) is 25.9 Å². The third kappa shape index (κ3) is 5.23. The van der Waals surface area contributed by atoms with Crippen LogP contribution in [-0.2, 0) is 9.59 Å². The number of carbonyl (C=O) groups is 2. The summed E-state index contributed by atoms with van der Waals surface area (Å²) in [7, 11) is 1.56. The highest BCUT2D eigenvalue weighted by molar-refractivity contribution is 5.96. The van der Waals surface area contributed by atoms with Crippen molar-refractivity contribution in [3.05, 3.63) is 23.8 Å². The molecule has 2 amide bonds. The number of anilines is 1. The van der Waals surface area contributed by atoms with Gasteiger partial charge in [0.1, 0.15) is 5.75 Å². The number of carbonyl (C=O) groups excluding carboxylic acids is 2. The Hall–Kier alpha value is -2.08. The summed E-state index contributed by atoms with van der Waals surface area (Å²) in [5, 5.41) is 5.47. The molecule has 24 heavy (non-hydrogen) atoms. The summed E-state index contributed by atoms with van der Waals surface area (Å²) in [6.07, 6.45) is 3.48. The summed E-state index contributed by atoms with van der Waals surface area (Å²) < 4.78 is 5.23. The molecule has 1 heterocycles. The number of benzene rings is 1. The second-order valence-corrected chi connectivity index (χ2v) is 6.34. The summed E-state index contributed by atoms with van der Waals surface area (Å²) in [4.78, 5) is 26.3. The van der Waals surface area contributed by atoms with E-state index in [0.29, 0.717) is 24.0 Å². The zero-order chi connectivity index (χ0) is 17.5. The molecule has 2 rings (SSSR count). The van der Waals surface area contributed by atoms with Crippen molar-refractivity contribution < 1.29 is 14.3 Å². The Kier molecular flexibility index (Phi) is 6.61. The Bertz CT molecular complexity index is 589. The first kappa shape index (κ1) is 18.3. The molecule has 0 saturated carbocycles. The average molecular weight is 333 g/mol. The van der Waals surface area contributed by atoms with E-state index in [1.165, 1.54) is 6.42 Å². The Labute approximate surface area is 143 Å². The first-order valence-corrected chi connectivity index (χ1v) is 8.45. The van der Waals surface area contributed by atoms with Crippen molar-refractivity contribution in [2.24, 2.45) is 0 Å². The Morgan fingerprint density at radius 3 is 2.79 bits per heavy atom. The number of nitrogens with one attached hydrogen (secondary N) is 2. The lowest BCUT2D eigenvalue weighted by molar-refractivity contribution is -0.125. The lowest BCUT2D eigenvalue weighted by Crippen LogP contribution is -2.45. The number of ether oxygens (including phenoxy) is 1. The molecule has 1 aromatic rings. The van der Waals surface area contributed by atoms with Crippen LogP contribution in [0.3, 0.4) is 0 Å². The molecular formula is C18H27N3O3. The maximum Gasteiger partial charge on any atom is 0.243 e. The lowest BCUT2D eigenvalue weighted by Gasteiger charge is -2.32.